The summed E-state index contributed by atoms with van der Waals surface area (Å²) in [6.45, 7) is 0. The molecule has 0 radical (unpaired) electrons. The van der Waals surface area contributed by atoms with Crippen molar-refractivity contribution in [1.82, 2.24) is 0 Å². The van der Waals surface area contributed by atoms with Crippen molar-refractivity contribution in [2.24, 2.45) is 0 Å². The lowest BCUT2D eigenvalue weighted by Gasteiger charge is -2.19. The van der Waals surface area contributed by atoms with E-state index in [-0.39, 0.29) is 28.6 Å². The molecule has 0 aliphatic carbocycles. The minimum Gasteiger partial charge on any atom is -0.321 e. The van der Waals surface area contributed by atoms with E-state index >= 15 is 0 Å². The zero-order valence-electron chi connectivity index (χ0n) is 18.4. The molecule has 0 aromatic heterocycles. The number of nitro benzene ring substituents is 1. The molecule has 3 aromatic rings. The Morgan fingerprint density at radius 2 is 1.72 bits per heavy atom. The molecule has 1 N–H and O–H groups in total. The summed E-state index contributed by atoms with van der Waals surface area (Å²) in [4.78, 5) is 38.5. The van der Waals surface area contributed by atoms with E-state index in [4.69, 9.17) is 23.2 Å². The Morgan fingerprint density at radius 3 is 2.33 bits per heavy atom. The van der Waals surface area contributed by atoms with E-state index in [1.165, 1.54) is 17.0 Å². The third kappa shape index (κ3) is 5.52. The van der Waals surface area contributed by atoms with Crippen molar-refractivity contribution >= 4 is 63.8 Å². The molecular formula is C25H16Cl2N4O4S. The molecule has 3 aromatic carbocycles. The van der Waals surface area contributed by atoms with Crippen LogP contribution in [-0.2, 0) is 16.0 Å². The topological polar surface area (TPSA) is 116 Å². The number of hydrogen-bond donors (Lipinski definition) is 1. The highest BCUT2D eigenvalue weighted by Crippen LogP contribution is 2.42. The molecule has 0 bridgehead atoms. The number of halogens is 2. The number of amides is 2. The van der Waals surface area contributed by atoms with Crippen molar-refractivity contribution in [2.75, 3.05) is 10.2 Å². The van der Waals surface area contributed by atoms with E-state index in [0.717, 1.165) is 11.8 Å². The number of nitriles is 1. The van der Waals surface area contributed by atoms with E-state index in [0.29, 0.717) is 27.0 Å². The molecule has 180 valence electrons. The molecule has 36 heavy (non-hydrogen) atoms. The third-order valence-corrected chi connectivity index (χ3v) is 7.00. The zero-order valence-corrected chi connectivity index (χ0v) is 20.7. The van der Waals surface area contributed by atoms with Gasteiger partial charge in [0, 0.05) is 33.6 Å². The van der Waals surface area contributed by atoms with Crippen LogP contribution in [0, 0.1) is 21.4 Å². The molecule has 0 unspecified atom stereocenters. The van der Waals surface area contributed by atoms with Gasteiger partial charge in [-0.1, -0.05) is 47.1 Å². The van der Waals surface area contributed by atoms with Gasteiger partial charge in [-0.25, -0.2) is 0 Å². The van der Waals surface area contributed by atoms with Crippen LogP contribution in [0.25, 0.3) is 0 Å². The average Bonchev–Trinajstić information content (AvgIpc) is 3.17. The van der Waals surface area contributed by atoms with Crippen LogP contribution < -0.4 is 10.2 Å². The Balaban J connectivity index is 1.72. The molecular weight excluding hydrogens is 523 g/mol. The van der Waals surface area contributed by atoms with Crippen molar-refractivity contribution < 1.29 is 14.5 Å². The van der Waals surface area contributed by atoms with E-state index in [1.54, 1.807) is 60.7 Å². The SMILES string of the molecule is N#C/C(C(=O)Nc1ccc(Cl)cc1)=C1/S[C@H](Cc2cccc([N+](=O)[O-])c2)C(=O)N1c1ccc(Cl)cc1. The van der Waals surface area contributed by atoms with Crippen LogP contribution in [0.15, 0.2) is 83.4 Å². The van der Waals surface area contributed by atoms with Crippen molar-refractivity contribution in [3.8, 4) is 6.07 Å². The Labute approximate surface area is 220 Å². The normalized spacial score (nSPS) is 16.4. The van der Waals surface area contributed by atoms with Crippen LogP contribution in [0.4, 0.5) is 17.1 Å². The standard InChI is InChI=1S/C25H16Cl2N4O4S/c26-16-4-8-18(9-5-16)29-23(32)21(14-28)25-30(19-10-6-17(27)7-11-19)24(33)22(36-25)13-15-2-1-3-20(12-15)31(34)35/h1-12,22H,13H2,(H,29,32)/b25-21-/t22-/m1/s1. The fraction of sp³-hybridized carbons (Fsp3) is 0.0800. The number of nitrogens with one attached hydrogen (secondary N) is 1. The Bertz CT molecular complexity index is 1420. The summed E-state index contributed by atoms with van der Waals surface area (Å²) in [6, 6.07) is 20.7. The second-order valence-corrected chi connectivity index (χ2v) is 9.70. The minimum atomic E-state index is -0.718. The number of hydrogen-bond acceptors (Lipinski definition) is 6. The predicted molar refractivity (Wildman–Crippen MR) is 140 cm³/mol. The second kappa shape index (κ2) is 10.8. The first-order chi connectivity index (χ1) is 17.3. The van der Waals surface area contributed by atoms with Gasteiger partial charge in [-0.2, -0.15) is 5.26 Å². The summed E-state index contributed by atoms with van der Waals surface area (Å²) in [5.41, 5.74) is 1.10. The second-order valence-electron chi connectivity index (χ2n) is 7.64. The van der Waals surface area contributed by atoms with Crippen LogP contribution >= 0.6 is 35.0 Å². The van der Waals surface area contributed by atoms with Gasteiger partial charge in [0.25, 0.3) is 11.6 Å². The lowest BCUT2D eigenvalue weighted by molar-refractivity contribution is -0.384. The van der Waals surface area contributed by atoms with Crippen molar-refractivity contribution in [3.63, 3.8) is 0 Å². The van der Waals surface area contributed by atoms with Crippen molar-refractivity contribution in [2.45, 2.75) is 11.7 Å². The predicted octanol–water partition coefficient (Wildman–Crippen LogP) is 5.97. The highest BCUT2D eigenvalue weighted by atomic mass is 35.5. The molecule has 1 atom stereocenters. The first-order valence-electron chi connectivity index (χ1n) is 10.5. The van der Waals surface area contributed by atoms with Crippen LogP contribution in [0.5, 0.6) is 0 Å². The van der Waals surface area contributed by atoms with Gasteiger partial charge in [0.05, 0.1) is 10.2 Å². The van der Waals surface area contributed by atoms with Gasteiger partial charge in [0.15, 0.2) is 0 Å². The van der Waals surface area contributed by atoms with Gasteiger partial charge in [0.1, 0.15) is 16.7 Å². The fourth-order valence-electron chi connectivity index (χ4n) is 3.55. The van der Waals surface area contributed by atoms with Crippen LogP contribution in [0.3, 0.4) is 0 Å². The number of thioether (sulfide) groups is 1. The molecule has 4 rings (SSSR count). The van der Waals surface area contributed by atoms with Gasteiger partial charge in [-0.3, -0.25) is 24.6 Å². The molecule has 1 aliphatic heterocycles. The number of carbonyl (C=O) groups excluding carboxylic acids is 2. The highest BCUT2D eigenvalue weighted by molar-refractivity contribution is 8.05. The van der Waals surface area contributed by atoms with Crippen molar-refractivity contribution in [1.29, 1.82) is 5.26 Å². The summed E-state index contributed by atoms with van der Waals surface area (Å²) in [6.07, 6.45) is 0.163. The quantitative estimate of drug-likeness (QED) is 0.179. The Morgan fingerprint density at radius 1 is 1.08 bits per heavy atom. The monoisotopic (exact) mass is 538 g/mol. The van der Waals surface area contributed by atoms with Crippen LogP contribution in [-0.4, -0.2) is 22.0 Å². The van der Waals surface area contributed by atoms with Crippen LogP contribution in [0.1, 0.15) is 5.56 Å². The van der Waals surface area contributed by atoms with Gasteiger partial charge >= 0.3 is 0 Å². The van der Waals surface area contributed by atoms with Crippen molar-refractivity contribution in [3.05, 3.63) is 109 Å². The summed E-state index contributed by atoms with van der Waals surface area (Å²) in [7, 11) is 0. The molecule has 11 heteroatoms. The number of anilines is 2. The number of benzene rings is 3. The molecule has 1 saturated heterocycles. The molecule has 1 fully saturated rings. The first kappa shape index (κ1) is 25.3. The molecule has 1 heterocycles. The zero-order chi connectivity index (χ0) is 25.8. The number of non-ortho nitro benzene ring substituents is 1. The maximum absolute atomic E-state index is 13.5. The third-order valence-electron chi connectivity index (χ3n) is 5.23. The Hall–Kier alpha value is -3.84. The largest absolute Gasteiger partial charge is 0.321 e. The number of rotatable bonds is 6. The highest BCUT2D eigenvalue weighted by Gasteiger charge is 2.41. The fourth-order valence-corrected chi connectivity index (χ4v) is 5.11. The van der Waals surface area contributed by atoms with Crippen LogP contribution in [0.2, 0.25) is 10.0 Å². The van der Waals surface area contributed by atoms with Gasteiger partial charge in [0.2, 0.25) is 5.91 Å². The maximum atomic E-state index is 13.5. The summed E-state index contributed by atoms with van der Waals surface area (Å²) in [5, 5.41) is 24.1. The van der Waals surface area contributed by atoms with E-state index < -0.39 is 16.1 Å². The van der Waals surface area contributed by atoms with E-state index in [1.807, 2.05) is 6.07 Å². The summed E-state index contributed by atoms with van der Waals surface area (Å²) < 4.78 is 0. The molecule has 2 amide bonds. The molecule has 0 spiro atoms. The molecule has 0 saturated carbocycles. The average molecular weight is 539 g/mol. The number of nitro groups is 1. The lowest BCUT2D eigenvalue weighted by Crippen LogP contribution is -2.30. The van der Waals surface area contributed by atoms with E-state index in [9.17, 15) is 25.0 Å². The number of carbonyl (C=O) groups is 2. The molecule has 8 nitrogen and oxygen atoms in total. The summed E-state index contributed by atoms with van der Waals surface area (Å²) in [5.74, 6) is -1.05. The molecule has 1 aliphatic rings. The lowest BCUT2D eigenvalue weighted by atomic mass is 10.1. The maximum Gasteiger partial charge on any atom is 0.269 e. The van der Waals surface area contributed by atoms with E-state index in [2.05, 4.69) is 5.32 Å². The van der Waals surface area contributed by atoms with Gasteiger partial charge in [-0.15, -0.1) is 0 Å². The van der Waals surface area contributed by atoms with Gasteiger partial charge < -0.3 is 5.32 Å². The first-order valence-corrected chi connectivity index (χ1v) is 12.1. The minimum absolute atomic E-state index is 0.0895. The number of nitrogens with zero attached hydrogens (tertiary/aromatic N) is 3. The Kier molecular flexibility index (Phi) is 7.60. The summed E-state index contributed by atoms with van der Waals surface area (Å²) >= 11 is 13.0. The smallest absolute Gasteiger partial charge is 0.269 e. The van der Waals surface area contributed by atoms with Gasteiger partial charge in [-0.05, 0) is 60.5 Å².